The predicted molar refractivity (Wildman–Crippen MR) is 392 cm³/mol. The monoisotopic (exact) mass is 1270 g/mol. The largest absolute Gasteiger partial charge is 0.472 e. The van der Waals surface area contributed by atoms with Crippen LogP contribution in [0.15, 0.2) is 48.6 Å². The molecule has 0 radical (unpaired) electrons. The molecule has 0 bridgehead atoms. The quantitative estimate of drug-likeness (QED) is 0.0243. The van der Waals surface area contributed by atoms with E-state index in [4.69, 9.17) is 9.05 Å². The summed E-state index contributed by atoms with van der Waals surface area (Å²) in [5.74, 6) is -0.168. The summed E-state index contributed by atoms with van der Waals surface area (Å²) < 4.78 is 23.9. The van der Waals surface area contributed by atoms with Crippen molar-refractivity contribution >= 4 is 13.7 Å². The van der Waals surface area contributed by atoms with E-state index in [1.807, 2.05) is 27.2 Å². The Morgan fingerprint density at radius 1 is 0.382 bits per heavy atom. The summed E-state index contributed by atoms with van der Waals surface area (Å²) in [6.45, 7) is 4.87. The van der Waals surface area contributed by atoms with Gasteiger partial charge in [0.15, 0.2) is 0 Å². The van der Waals surface area contributed by atoms with Gasteiger partial charge in [-0.3, -0.25) is 13.8 Å². The van der Waals surface area contributed by atoms with E-state index in [1.54, 1.807) is 6.08 Å². The first-order valence-electron chi connectivity index (χ1n) is 39.5. The minimum atomic E-state index is -4.36. The number of nitrogens with one attached hydrogen (secondary N) is 1. The number of unbranched alkanes of at least 4 members (excludes halogenated alkanes) is 55. The number of aliphatic hydroxyl groups excluding tert-OH is 1. The van der Waals surface area contributed by atoms with Gasteiger partial charge < -0.3 is 19.8 Å². The summed E-state index contributed by atoms with van der Waals surface area (Å²) in [6, 6.07) is -0.847. The Bertz CT molecular complexity index is 1590. The van der Waals surface area contributed by atoms with Crippen molar-refractivity contribution in [1.29, 1.82) is 0 Å². The van der Waals surface area contributed by atoms with Gasteiger partial charge in [0.1, 0.15) is 13.2 Å². The first-order valence-corrected chi connectivity index (χ1v) is 41.0. The number of hydrogen-bond acceptors (Lipinski definition) is 5. The summed E-state index contributed by atoms with van der Waals surface area (Å²) in [5.41, 5.74) is 0. The lowest BCUT2D eigenvalue weighted by Gasteiger charge is -2.25. The number of nitrogens with zero attached hydrogens (tertiary/aromatic N) is 1. The lowest BCUT2D eigenvalue weighted by Crippen LogP contribution is -2.45. The lowest BCUT2D eigenvalue weighted by molar-refractivity contribution is -0.870. The molecule has 3 N–H and O–H groups in total. The van der Waals surface area contributed by atoms with Gasteiger partial charge in [0.2, 0.25) is 5.91 Å². The topological polar surface area (TPSA) is 105 Å². The lowest BCUT2D eigenvalue weighted by atomic mass is 10.0. The van der Waals surface area contributed by atoms with E-state index < -0.39 is 20.0 Å². The van der Waals surface area contributed by atoms with Crippen molar-refractivity contribution < 1.29 is 32.9 Å². The standard InChI is InChI=1S/C80H155N2O6P/c1-6-8-10-12-14-16-18-20-22-24-26-28-30-32-34-36-37-38-39-40-41-42-43-44-45-46-48-50-52-54-56-58-60-62-64-66-68-70-72-74-80(84)81-78(77-88-89(85,86)87-76-75-82(3,4)5)79(83)73-71-69-67-65-63-61-59-57-55-53-51-49-47-35-33-31-29-27-25-23-21-19-17-15-13-11-9-7-2/h18,20,24,26,30,32,71,73,78-79,83H,6-17,19,21-23,25,27-29,31,33-70,72,74-77H2,1-5H3,(H-,81,84,85,86)/p+1/b20-18-,26-24-,32-30-,73-71+. The highest BCUT2D eigenvalue weighted by molar-refractivity contribution is 7.47. The van der Waals surface area contributed by atoms with Gasteiger partial charge in [-0.25, -0.2) is 4.57 Å². The molecule has 0 aliphatic heterocycles. The molecule has 9 heteroatoms. The summed E-state index contributed by atoms with van der Waals surface area (Å²) in [7, 11) is 1.59. The average Bonchev–Trinajstić information content (AvgIpc) is 3.55. The number of rotatable bonds is 74. The van der Waals surface area contributed by atoms with Gasteiger partial charge in [0, 0.05) is 6.42 Å². The zero-order valence-electron chi connectivity index (χ0n) is 60.5. The molecule has 0 fully saturated rings. The van der Waals surface area contributed by atoms with Crippen LogP contribution in [-0.4, -0.2) is 73.4 Å². The first-order chi connectivity index (χ1) is 43.5. The fourth-order valence-electron chi connectivity index (χ4n) is 12.2. The summed E-state index contributed by atoms with van der Waals surface area (Å²) >= 11 is 0. The van der Waals surface area contributed by atoms with Gasteiger partial charge in [-0.05, 0) is 57.8 Å². The number of aliphatic hydroxyl groups is 1. The van der Waals surface area contributed by atoms with Crippen LogP contribution >= 0.6 is 7.82 Å². The number of hydrogen-bond donors (Lipinski definition) is 3. The number of likely N-dealkylation sites (N-methyl/N-ethyl adjacent to an activating group) is 1. The van der Waals surface area contributed by atoms with Gasteiger partial charge >= 0.3 is 7.82 Å². The molecule has 0 rings (SSSR count). The molecule has 0 spiro atoms. The van der Waals surface area contributed by atoms with Crippen LogP contribution in [0.3, 0.4) is 0 Å². The molecule has 0 aromatic heterocycles. The number of carbonyl (C=O) groups is 1. The van der Waals surface area contributed by atoms with E-state index in [9.17, 15) is 19.4 Å². The molecule has 0 aliphatic carbocycles. The minimum Gasteiger partial charge on any atom is -0.387 e. The van der Waals surface area contributed by atoms with Crippen LogP contribution in [0.2, 0.25) is 0 Å². The van der Waals surface area contributed by atoms with E-state index >= 15 is 0 Å². The Kier molecular flexibility index (Phi) is 69.5. The SMILES string of the molecule is CCCCCCC/C=C\C/C=C\C/C=C\CCCCCCCCCCCCCCCCCCCCCCCCCCC(=O)NC(COP(=O)(O)OCC[N+](C)(C)C)C(O)/C=C/CCCCCCCCCCCCCCCCCCCCCCCCCCCC. The van der Waals surface area contributed by atoms with Crippen molar-refractivity contribution in [2.24, 2.45) is 0 Å². The molecule has 1 amide bonds. The third kappa shape index (κ3) is 73.7. The van der Waals surface area contributed by atoms with E-state index in [2.05, 4.69) is 55.6 Å². The molecular formula is C80H156N2O6P+. The number of allylic oxidation sites excluding steroid dienone is 7. The number of amides is 1. The van der Waals surface area contributed by atoms with Crippen molar-refractivity contribution in [3.05, 3.63) is 48.6 Å². The van der Waals surface area contributed by atoms with Crippen LogP contribution in [0.5, 0.6) is 0 Å². The molecule has 3 unspecified atom stereocenters. The number of phosphoric acid groups is 1. The molecule has 3 atom stereocenters. The van der Waals surface area contributed by atoms with E-state index in [0.29, 0.717) is 17.4 Å². The molecule has 0 aliphatic rings. The van der Waals surface area contributed by atoms with Crippen LogP contribution in [0.1, 0.15) is 406 Å². The van der Waals surface area contributed by atoms with Crippen molar-refractivity contribution in [1.82, 2.24) is 5.32 Å². The highest BCUT2D eigenvalue weighted by Gasteiger charge is 2.28. The van der Waals surface area contributed by atoms with Gasteiger partial charge in [0.25, 0.3) is 0 Å². The van der Waals surface area contributed by atoms with Crippen LogP contribution in [0.25, 0.3) is 0 Å². The zero-order valence-corrected chi connectivity index (χ0v) is 61.3. The molecule has 526 valence electrons. The Morgan fingerprint density at radius 2 is 0.640 bits per heavy atom. The minimum absolute atomic E-state index is 0.0636. The summed E-state index contributed by atoms with van der Waals surface area (Å²) in [5, 5.41) is 14.1. The second-order valence-corrected chi connectivity index (χ2v) is 29.9. The fourth-order valence-corrected chi connectivity index (χ4v) is 12.9. The maximum Gasteiger partial charge on any atom is 0.472 e. The second-order valence-electron chi connectivity index (χ2n) is 28.4. The summed E-state index contributed by atoms with van der Waals surface area (Å²) in [6.07, 6.45) is 97.3. The normalized spacial score (nSPS) is 13.7. The van der Waals surface area contributed by atoms with Crippen molar-refractivity contribution in [3.8, 4) is 0 Å². The van der Waals surface area contributed by atoms with Crippen molar-refractivity contribution in [2.75, 3.05) is 40.9 Å². The van der Waals surface area contributed by atoms with Gasteiger partial charge in [-0.15, -0.1) is 0 Å². The fraction of sp³-hybridized carbons (Fsp3) is 0.887. The third-order valence-corrected chi connectivity index (χ3v) is 19.3. The molecule has 8 nitrogen and oxygen atoms in total. The molecule has 0 saturated heterocycles. The maximum atomic E-state index is 13.1. The van der Waals surface area contributed by atoms with E-state index in [-0.39, 0.29) is 19.1 Å². The van der Waals surface area contributed by atoms with Crippen LogP contribution < -0.4 is 5.32 Å². The highest BCUT2D eigenvalue weighted by Crippen LogP contribution is 2.43. The highest BCUT2D eigenvalue weighted by atomic mass is 31.2. The van der Waals surface area contributed by atoms with Crippen LogP contribution in [-0.2, 0) is 18.4 Å². The zero-order chi connectivity index (χ0) is 64.8. The molecule has 0 heterocycles. The summed E-state index contributed by atoms with van der Waals surface area (Å²) in [4.78, 5) is 23.5. The molecule has 89 heavy (non-hydrogen) atoms. The van der Waals surface area contributed by atoms with Gasteiger partial charge in [-0.1, -0.05) is 390 Å². The Labute approximate surface area is 556 Å². The Hall–Kier alpha value is -1.54. The number of carbonyl (C=O) groups excluding carboxylic acids is 1. The third-order valence-electron chi connectivity index (χ3n) is 18.3. The second kappa shape index (κ2) is 70.8. The smallest absolute Gasteiger partial charge is 0.387 e. The van der Waals surface area contributed by atoms with E-state index in [1.165, 1.54) is 340 Å². The van der Waals surface area contributed by atoms with Crippen LogP contribution in [0, 0.1) is 0 Å². The van der Waals surface area contributed by atoms with Crippen LogP contribution in [0.4, 0.5) is 0 Å². The van der Waals surface area contributed by atoms with Gasteiger partial charge in [-0.2, -0.15) is 0 Å². The molecule has 0 aromatic rings. The molecular weight excluding hydrogens is 1120 g/mol. The Morgan fingerprint density at radius 3 is 0.933 bits per heavy atom. The molecule has 0 aromatic carbocycles. The number of quaternary nitrogens is 1. The van der Waals surface area contributed by atoms with E-state index in [0.717, 1.165) is 44.9 Å². The predicted octanol–water partition coefficient (Wildman–Crippen LogP) is 25.7. The van der Waals surface area contributed by atoms with Gasteiger partial charge in [0.05, 0.1) is 39.9 Å². The van der Waals surface area contributed by atoms with Crippen molar-refractivity contribution in [3.63, 3.8) is 0 Å². The Balaban J connectivity index is 3.94. The first kappa shape index (κ1) is 87.5. The van der Waals surface area contributed by atoms with Crippen molar-refractivity contribution in [2.45, 2.75) is 418 Å². The maximum absolute atomic E-state index is 13.1. The average molecular weight is 1270 g/mol. The number of phosphoric ester groups is 1. The molecule has 0 saturated carbocycles.